The van der Waals surface area contributed by atoms with E-state index in [2.05, 4.69) is 20.8 Å². The fourth-order valence-electron chi connectivity index (χ4n) is 1.48. The Morgan fingerprint density at radius 3 is 2.42 bits per heavy atom. The van der Waals surface area contributed by atoms with E-state index in [0.717, 1.165) is 19.4 Å². The van der Waals surface area contributed by atoms with Crippen LogP contribution in [0, 0.1) is 11.3 Å². The molecule has 2 atom stereocenters. The smallest absolute Gasteiger partial charge is 0.0823 e. The molecule has 1 aliphatic rings. The topological polar surface area (TPSA) is 29.5 Å². The summed E-state index contributed by atoms with van der Waals surface area (Å²) in [6, 6.07) is 0. The standard InChI is InChI=1S/C10H20O2/c1-10(2,3)5-4-8-6-12-7-9(8)11/h8-9,11H,4-7H2,1-3H3. The van der Waals surface area contributed by atoms with Gasteiger partial charge in [0.05, 0.1) is 19.3 Å². The summed E-state index contributed by atoms with van der Waals surface area (Å²) in [5.41, 5.74) is 0.377. The number of aliphatic hydroxyl groups excluding tert-OH is 1. The van der Waals surface area contributed by atoms with Crippen molar-refractivity contribution in [3.63, 3.8) is 0 Å². The van der Waals surface area contributed by atoms with Crippen molar-refractivity contribution in [1.82, 2.24) is 0 Å². The maximum absolute atomic E-state index is 9.46. The van der Waals surface area contributed by atoms with Gasteiger partial charge in [-0.3, -0.25) is 0 Å². The molecule has 0 bridgehead atoms. The van der Waals surface area contributed by atoms with Crippen LogP contribution in [0.15, 0.2) is 0 Å². The molecule has 12 heavy (non-hydrogen) atoms. The minimum Gasteiger partial charge on any atom is -0.390 e. The Labute approximate surface area is 74.9 Å². The Hall–Kier alpha value is -0.0800. The van der Waals surface area contributed by atoms with E-state index in [1.165, 1.54) is 0 Å². The van der Waals surface area contributed by atoms with Gasteiger partial charge in [-0.25, -0.2) is 0 Å². The summed E-state index contributed by atoms with van der Waals surface area (Å²) < 4.78 is 5.18. The second-order valence-corrected chi connectivity index (χ2v) is 4.96. The molecule has 0 spiro atoms. The molecule has 1 heterocycles. The lowest BCUT2D eigenvalue weighted by Crippen LogP contribution is -2.19. The second kappa shape index (κ2) is 3.75. The van der Waals surface area contributed by atoms with Gasteiger partial charge >= 0.3 is 0 Å². The molecule has 0 aromatic rings. The second-order valence-electron chi connectivity index (χ2n) is 4.96. The average molecular weight is 172 g/mol. The minimum absolute atomic E-state index is 0.215. The molecule has 0 radical (unpaired) electrons. The lowest BCUT2D eigenvalue weighted by Gasteiger charge is -2.21. The normalized spacial score (nSPS) is 31.0. The fraction of sp³-hybridized carbons (Fsp3) is 1.00. The molecule has 0 saturated carbocycles. The summed E-state index contributed by atoms with van der Waals surface area (Å²) in [5.74, 6) is 0.379. The number of ether oxygens (including phenoxy) is 1. The third-order valence-electron chi connectivity index (χ3n) is 2.43. The van der Waals surface area contributed by atoms with Crippen molar-refractivity contribution >= 4 is 0 Å². The zero-order valence-corrected chi connectivity index (χ0v) is 8.34. The Morgan fingerprint density at radius 2 is 2.00 bits per heavy atom. The zero-order valence-electron chi connectivity index (χ0n) is 8.34. The monoisotopic (exact) mass is 172 g/mol. The molecule has 1 N–H and O–H groups in total. The van der Waals surface area contributed by atoms with E-state index >= 15 is 0 Å². The molecule has 72 valence electrons. The van der Waals surface area contributed by atoms with E-state index in [0.29, 0.717) is 17.9 Å². The highest BCUT2D eigenvalue weighted by Gasteiger charge is 2.27. The van der Waals surface area contributed by atoms with E-state index in [-0.39, 0.29) is 6.10 Å². The predicted molar refractivity (Wildman–Crippen MR) is 49.0 cm³/mol. The van der Waals surface area contributed by atoms with Gasteiger partial charge in [0.1, 0.15) is 0 Å². The van der Waals surface area contributed by atoms with Crippen molar-refractivity contribution in [1.29, 1.82) is 0 Å². The highest BCUT2D eigenvalue weighted by atomic mass is 16.5. The Bertz CT molecular complexity index is 137. The third kappa shape index (κ3) is 3.11. The van der Waals surface area contributed by atoms with Crippen LogP contribution in [-0.2, 0) is 4.74 Å². The fourth-order valence-corrected chi connectivity index (χ4v) is 1.48. The van der Waals surface area contributed by atoms with E-state index < -0.39 is 0 Å². The Kier molecular flexibility index (Phi) is 3.13. The highest BCUT2D eigenvalue weighted by molar-refractivity contribution is 4.76. The first-order valence-corrected chi connectivity index (χ1v) is 4.75. The molecule has 2 unspecified atom stereocenters. The van der Waals surface area contributed by atoms with Gasteiger partial charge in [-0.05, 0) is 18.3 Å². The maximum atomic E-state index is 9.46. The molecule has 0 aliphatic carbocycles. The molecule has 0 aromatic heterocycles. The van der Waals surface area contributed by atoms with Crippen molar-refractivity contribution in [2.75, 3.05) is 13.2 Å². The molecular weight excluding hydrogens is 152 g/mol. The Balaban J connectivity index is 2.23. The third-order valence-corrected chi connectivity index (χ3v) is 2.43. The number of rotatable bonds is 2. The van der Waals surface area contributed by atoms with Crippen molar-refractivity contribution in [3.05, 3.63) is 0 Å². The summed E-state index contributed by atoms with van der Waals surface area (Å²) in [6.45, 7) is 7.98. The minimum atomic E-state index is -0.215. The average Bonchev–Trinajstić information content (AvgIpc) is 2.29. The van der Waals surface area contributed by atoms with Crippen LogP contribution >= 0.6 is 0 Å². The molecular formula is C10H20O2. The summed E-state index contributed by atoms with van der Waals surface area (Å²) in [4.78, 5) is 0. The molecule has 0 aromatic carbocycles. The van der Waals surface area contributed by atoms with Crippen LogP contribution in [0.5, 0.6) is 0 Å². The molecule has 1 rings (SSSR count). The van der Waals surface area contributed by atoms with E-state index in [1.54, 1.807) is 0 Å². The summed E-state index contributed by atoms with van der Waals surface area (Å²) in [5, 5.41) is 9.46. The van der Waals surface area contributed by atoms with Crippen molar-refractivity contribution in [2.45, 2.75) is 39.7 Å². The molecule has 1 saturated heterocycles. The quantitative estimate of drug-likeness (QED) is 0.688. The van der Waals surface area contributed by atoms with E-state index in [4.69, 9.17) is 4.74 Å². The highest BCUT2D eigenvalue weighted by Crippen LogP contribution is 2.27. The number of aliphatic hydroxyl groups is 1. The van der Waals surface area contributed by atoms with Gasteiger partial charge < -0.3 is 9.84 Å². The van der Waals surface area contributed by atoms with Crippen molar-refractivity contribution in [3.8, 4) is 0 Å². The summed E-state index contributed by atoms with van der Waals surface area (Å²) in [7, 11) is 0. The first kappa shape index (κ1) is 10.0. The molecule has 2 nitrogen and oxygen atoms in total. The van der Waals surface area contributed by atoms with Gasteiger partial charge in [-0.15, -0.1) is 0 Å². The maximum Gasteiger partial charge on any atom is 0.0823 e. The summed E-state index contributed by atoms with van der Waals surface area (Å²) >= 11 is 0. The van der Waals surface area contributed by atoms with Gasteiger partial charge in [0.25, 0.3) is 0 Å². The largest absolute Gasteiger partial charge is 0.390 e. The number of hydrogen-bond donors (Lipinski definition) is 1. The zero-order chi connectivity index (χ0) is 9.19. The SMILES string of the molecule is CC(C)(C)CCC1COCC1O. The van der Waals surface area contributed by atoms with Gasteiger partial charge in [0, 0.05) is 5.92 Å². The van der Waals surface area contributed by atoms with Crippen LogP contribution in [0.2, 0.25) is 0 Å². The van der Waals surface area contributed by atoms with Crippen LogP contribution in [0.4, 0.5) is 0 Å². The van der Waals surface area contributed by atoms with Gasteiger partial charge in [0.15, 0.2) is 0 Å². The molecule has 0 amide bonds. The lowest BCUT2D eigenvalue weighted by molar-refractivity contribution is 0.114. The Morgan fingerprint density at radius 1 is 1.33 bits per heavy atom. The van der Waals surface area contributed by atoms with Crippen LogP contribution in [0.3, 0.4) is 0 Å². The van der Waals surface area contributed by atoms with Gasteiger partial charge in [0.2, 0.25) is 0 Å². The predicted octanol–water partition coefficient (Wildman–Crippen LogP) is 1.82. The van der Waals surface area contributed by atoms with Crippen molar-refractivity contribution in [2.24, 2.45) is 11.3 Å². The van der Waals surface area contributed by atoms with E-state index in [1.807, 2.05) is 0 Å². The van der Waals surface area contributed by atoms with E-state index in [9.17, 15) is 5.11 Å². The molecule has 1 fully saturated rings. The van der Waals surface area contributed by atoms with Gasteiger partial charge in [-0.2, -0.15) is 0 Å². The molecule has 2 heteroatoms. The van der Waals surface area contributed by atoms with Crippen LogP contribution in [0.25, 0.3) is 0 Å². The van der Waals surface area contributed by atoms with Crippen LogP contribution in [-0.4, -0.2) is 24.4 Å². The summed E-state index contributed by atoms with van der Waals surface area (Å²) in [6.07, 6.45) is 2.04. The lowest BCUT2D eigenvalue weighted by atomic mass is 9.86. The van der Waals surface area contributed by atoms with Crippen LogP contribution < -0.4 is 0 Å². The first-order chi connectivity index (χ1) is 5.49. The van der Waals surface area contributed by atoms with Gasteiger partial charge in [-0.1, -0.05) is 20.8 Å². The first-order valence-electron chi connectivity index (χ1n) is 4.75. The van der Waals surface area contributed by atoms with Crippen LogP contribution in [0.1, 0.15) is 33.6 Å². The number of hydrogen-bond acceptors (Lipinski definition) is 2. The van der Waals surface area contributed by atoms with Crippen molar-refractivity contribution < 1.29 is 9.84 Å². The molecule has 1 aliphatic heterocycles.